The molecule has 0 atom stereocenters. The van der Waals surface area contributed by atoms with Crippen LogP contribution in [0.25, 0.3) is 10.9 Å². The van der Waals surface area contributed by atoms with E-state index in [0.29, 0.717) is 29.0 Å². The molecule has 0 bridgehead atoms. The summed E-state index contributed by atoms with van der Waals surface area (Å²) in [6.07, 6.45) is 3.63. The van der Waals surface area contributed by atoms with E-state index < -0.39 is 30.9 Å². The van der Waals surface area contributed by atoms with Crippen LogP contribution in [0, 0.1) is 5.82 Å². The average Bonchev–Trinajstić information content (AvgIpc) is 2.90. The zero-order valence-corrected chi connectivity index (χ0v) is 21.7. The Hall–Kier alpha value is -3.55. The summed E-state index contributed by atoms with van der Waals surface area (Å²) in [7, 11) is 0. The van der Waals surface area contributed by atoms with E-state index in [2.05, 4.69) is 25.3 Å². The summed E-state index contributed by atoms with van der Waals surface area (Å²) in [5, 5.41) is 6.06. The Morgan fingerprint density at radius 3 is 2.65 bits per heavy atom. The molecule has 0 spiro atoms. The Morgan fingerprint density at radius 1 is 1.15 bits per heavy atom. The summed E-state index contributed by atoms with van der Waals surface area (Å²) in [6, 6.07) is 7.06. The van der Waals surface area contributed by atoms with E-state index in [1.54, 1.807) is 6.08 Å². The Bertz CT molecular complexity index is 1370. The molecule has 3 aromatic rings. The summed E-state index contributed by atoms with van der Waals surface area (Å²) in [4.78, 5) is 22.9. The second-order valence-corrected chi connectivity index (χ2v) is 9.28. The Kier molecular flexibility index (Phi) is 9.71. The van der Waals surface area contributed by atoms with Gasteiger partial charge in [-0.25, -0.2) is 23.1 Å². The van der Waals surface area contributed by atoms with E-state index in [0.717, 1.165) is 0 Å². The highest BCUT2D eigenvalue weighted by Crippen LogP contribution is 2.34. The first kappa shape index (κ1) is 29.4. The van der Waals surface area contributed by atoms with Crippen molar-refractivity contribution in [1.82, 2.24) is 14.9 Å². The molecule has 1 aliphatic rings. The average molecular weight is 586 g/mol. The molecule has 0 unspecified atom stereocenters. The molecule has 0 aliphatic carbocycles. The molecule has 14 heteroatoms. The fourth-order valence-corrected chi connectivity index (χ4v) is 4.13. The predicted molar refractivity (Wildman–Crippen MR) is 140 cm³/mol. The zero-order valence-electron chi connectivity index (χ0n) is 21.0. The molecule has 8 nitrogen and oxygen atoms in total. The molecular formula is C26H25ClF5N5O3. The van der Waals surface area contributed by atoms with E-state index in [9.17, 15) is 26.7 Å². The van der Waals surface area contributed by atoms with Crippen LogP contribution >= 0.6 is 11.6 Å². The van der Waals surface area contributed by atoms with Gasteiger partial charge in [-0.05, 0) is 24.3 Å². The number of piperidine rings is 1. The van der Waals surface area contributed by atoms with Gasteiger partial charge in [-0.2, -0.15) is 8.78 Å². The number of nitrogens with zero attached hydrogens (tertiary/aromatic N) is 3. The molecule has 1 aromatic heterocycles. The predicted octanol–water partition coefficient (Wildman–Crippen LogP) is 6.01. The van der Waals surface area contributed by atoms with Crippen molar-refractivity contribution in [3.63, 3.8) is 0 Å². The SMILES string of the molecule is O=C(/C=C/CN1CCC(F)(F)CC1)Nc1cc2c(Nc3ccc(F)c(Cl)c3)ncnc2cc1OCCOC(F)F. The Labute approximate surface area is 231 Å². The summed E-state index contributed by atoms with van der Waals surface area (Å²) >= 11 is 5.87. The van der Waals surface area contributed by atoms with Gasteiger partial charge in [-0.3, -0.25) is 9.69 Å². The molecule has 2 N–H and O–H groups in total. The standard InChI is InChI=1S/C26H25ClF5N5O3/c27-18-12-16(3-4-19(18)28)35-24-17-13-21(22(14-20(17)33-15-34-24)39-10-11-40-25(29)30)36-23(38)2-1-7-37-8-5-26(31,32)6-9-37/h1-4,12-15,25H,5-11H2,(H,36,38)(H,33,34,35)/b2-1+. The molecule has 4 rings (SSSR count). The third kappa shape index (κ3) is 8.23. The summed E-state index contributed by atoms with van der Waals surface area (Å²) < 4.78 is 74.8. The molecule has 40 heavy (non-hydrogen) atoms. The third-order valence-corrected chi connectivity index (χ3v) is 6.27. The van der Waals surface area contributed by atoms with Crippen LogP contribution in [0.5, 0.6) is 5.75 Å². The number of alkyl halides is 4. The highest BCUT2D eigenvalue weighted by atomic mass is 35.5. The lowest BCUT2D eigenvalue weighted by molar-refractivity contribution is -0.133. The number of hydrogen-bond donors (Lipinski definition) is 2. The topological polar surface area (TPSA) is 88.6 Å². The number of likely N-dealkylation sites (tertiary alicyclic amines) is 1. The summed E-state index contributed by atoms with van der Waals surface area (Å²) in [5.74, 6) is -3.33. The smallest absolute Gasteiger partial charge is 0.345 e. The van der Waals surface area contributed by atoms with Crippen LogP contribution in [-0.4, -0.2) is 66.2 Å². The van der Waals surface area contributed by atoms with Crippen LogP contribution in [0.4, 0.5) is 39.1 Å². The van der Waals surface area contributed by atoms with Crippen molar-refractivity contribution in [3.05, 3.63) is 59.7 Å². The number of aromatic nitrogens is 2. The number of rotatable bonds is 11. The van der Waals surface area contributed by atoms with E-state index >= 15 is 0 Å². The first-order chi connectivity index (χ1) is 19.1. The van der Waals surface area contributed by atoms with Crippen molar-refractivity contribution in [2.75, 3.05) is 43.5 Å². The number of ether oxygens (including phenoxy) is 2. The molecule has 1 aliphatic heterocycles. The van der Waals surface area contributed by atoms with Crippen LogP contribution < -0.4 is 15.4 Å². The number of nitrogens with one attached hydrogen (secondary N) is 2. The van der Waals surface area contributed by atoms with Crippen molar-refractivity contribution < 1.29 is 36.2 Å². The van der Waals surface area contributed by atoms with Crippen LogP contribution in [0.2, 0.25) is 5.02 Å². The molecule has 2 aromatic carbocycles. The second-order valence-electron chi connectivity index (χ2n) is 8.87. The minimum absolute atomic E-state index is 0.0944. The monoisotopic (exact) mass is 585 g/mol. The zero-order chi connectivity index (χ0) is 28.7. The third-order valence-electron chi connectivity index (χ3n) is 5.98. The van der Waals surface area contributed by atoms with Crippen LogP contribution in [0.1, 0.15) is 12.8 Å². The van der Waals surface area contributed by atoms with Crippen LogP contribution in [-0.2, 0) is 9.53 Å². The van der Waals surface area contributed by atoms with Crippen LogP contribution in [0.15, 0.2) is 48.8 Å². The lowest BCUT2D eigenvalue weighted by atomic mass is 10.1. The van der Waals surface area contributed by atoms with Crippen molar-refractivity contribution in [1.29, 1.82) is 0 Å². The molecule has 1 amide bonds. The first-order valence-corrected chi connectivity index (χ1v) is 12.6. The highest BCUT2D eigenvalue weighted by Gasteiger charge is 2.33. The molecule has 2 heterocycles. The van der Waals surface area contributed by atoms with Gasteiger partial charge in [-0.15, -0.1) is 0 Å². The van der Waals surface area contributed by atoms with E-state index in [-0.39, 0.29) is 49.0 Å². The van der Waals surface area contributed by atoms with Gasteiger partial charge >= 0.3 is 6.61 Å². The van der Waals surface area contributed by atoms with Gasteiger partial charge in [0, 0.05) is 55.7 Å². The normalized spacial score (nSPS) is 15.6. The lowest BCUT2D eigenvalue weighted by Gasteiger charge is -2.30. The van der Waals surface area contributed by atoms with Gasteiger partial charge in [0.2, 0.25) is 5.91 Å². The fraction of sp³-hybridized carbons (Fsp3) is 0.346. The highest BCUT2D eigenvalue weighted by molar-refractivity contribution is 6.31. The number of benzene rings is 2. The Balaban J connectivity index is 1.53. The van der Waals surface area contributed by atoms with Gasteiger partial charge in [0.25, 0.3) is 5.92 Å². The maximum atomic E-state index is 13.6. The number of halogens is 6. The first-order valence-electron chi connectivity index (χ1n) is 12.2. The van der Waals surface area contributed by atoms with E-state index in [4.69, 9.17) is 16.3 Å². The number of fused-ring (bicyclic) bond motifs is 1. The second kappa shape index (κ2) is 13.2. The van der Waals surface area contributed by atoms with Gasteiger partial charge in [0.1, 0.15) is 30.3 Å². The van der Waals surface area contributed by atoms with E-state index in [1.165, 1.54) is 42.7 Å². The maximum Gasteiger partial charge on any atom is 0.345 e. The largest absolute Gasteiger partial charge is 0.489 e. The molecule has 0 saturated carbocycles. The minimum Gasteiger partial charge on any atom is -0.489 e. The van der Waals surface area contributed by atoms with Gasteiger partial charge in [0.05, 0.1) is 22.8 Å². The van der Waals surface area contributed by atoms with Gasteiger partial charge < -0.3 is 20.1 Å². The number of hydrogen-bond acceptors (Lipinski definition) is 7. The van der Waals surface area contributed by atoms with Crippen molar-refractivity contribution in [2.24, 2.45) is 0 Å². The van der Waals surface area contributed by atoms with Crippen molar-refractivity contribution in [3.8, 4) is 5.75 Å². The molecule has 1 fully saturated rings. The quantitative estimate of drug-likeness (QED) is 0.162. The minimum atomic E-state index is -2.96. The van der Waals surface area contributed by atoms with E-state index in [1.807, 2.05) is 4.90 Å². The maximum absolute atomic E-state index is 13.6. The molecular weight excluding hydrogens is 561 g/mol. The number of carbonyl (C=O) groups is 1. The van der Waals surface area contributed by atoms with Crippen LogP contribution in [0.3, 0.4) is 0 Å². The number of carbonyl (C=O) groups excluding carboxylic acids is 1. The molecule has 0 radical (unpaired) electrons. The van der Waals surface area contributed by atoms with Crippen molar-refractivity contribution in [2.45, 2.75) is 25.4 Å². The fourth-order valence-electron chi connectivity index (χ4n) is 3.95. The number of anilines is 3. The number of amides is 1. The Morgan fingerprint density at radius 2 is 1.93 bits per heavy atom. The summed E-state index contributed by atoms with van der Waals surface area (Å²) in [6.45, 7) is -2.85. The van der Waals surface area contributed by atoms with Gasteiger partial charge in [0.15, 0.2) is 0 Å². The lowest BCUT2D eigenvalue weighted by Crippen LogP contribution is -2.39. The summed E-state index contributed by atoms with van der Waals surface area (Å²) in [5.41, 5.74) is 1.03. The molecule has 1 saturated heterocycles. The molecule has 214 valence electrons. The van der Waals surface area contributed by atoms with Gasteiger partial charge in [-0.1, -0.05) is 17.7 Å². The van der Waals surface area contributed by atoms with Crippen molar-refractivity contribution >= 4 is 45.6 Å².